The number of aliphatic hydroxyl groups is 12. The van der Waals surface area contributed by atoms with Gasteiger partial charge in [0.05, 0.1) is 75.6 Å². The molecule has 0 aliphatic carbocycles. The maximum Gasteiger partial charge on any atom is 0.223 e. The Morgan fingerprint density at radius 3 is 1.15 bits per heavy atom. The number of rotatable bonds is 58. The van der Waals surface area contributed by atoms with Crippen molar-refractivity contribution in [1.82, 2.24) is 31.5 Å². The topological polar surface area (TPSA) is 526 Å². The first-order valence-electron chi connectivity index (χ1n) is 42.7. The van der Waals surface area contributed by atoms with Crippen molar-refractivity contribution in [3.63, 3.8) is 0 Å². The lowest BCUT2D eigenvalue weighted by Crippen LogP contribution is -2.55. The molecular weight excluding hydrogens is 1520 g/mol. The number of ether oxygens (including phenoxy) is 9. The average Bonchev–Trinajstić information content (AvgIpc) is 1.19. The van der Waals surface area contributed by atoms with E-state index in [4.69, 9.17) is 42.6 Å². The highest BCUT2D eigenvalue weighted by molar-refractivity contribution is 5.92. The Morgan fingerprint density at radius 2 is 0.759 bits per heavy atom. The smallest absolute Gasteiger partial charge is 0.223 e. The van der Waals surface area contributed by atoms with Gasteiger partial charge in [-0.1, -0.05) is 47.5 Å². The zero-order valence-electron chi connectivity index (χ0n) is 69.5. The van der Waals surface area contributed by atoms with E-state index in [2.05, 4.69) is 33.5 Å². The molecule has 6 amide bonds. The zero-order chi connectivity index (χ0) is 85.4. The number of aliphatic hydroxyl groups excluding tert-OH is 12. The number of likely N-dealkylation sites (tertiary alicyclic amines) is 1. The number of hydrogen-bond acceptors (Lipinski definition) is 29. The number of nitrogens with one attached hydrogen (secondary N) is 5. The minimum atomic E-state index is -1.31. The second-order valence-corrected chi connectivity index (χ2v) is 32.8. The molecule has 0 radical (unpaired) electrons. The maximum atomic E-state index is 14.8. The van der Waals surface area contributed by atoms with Crippen LogP contribution >= 0.6 is 0 Å². The summed E-state index contributed by atoms with van der Waals surface area (Å²) in [5, 5.41) is 136. The van der Waals surface area contributed by atoms with E-state index in [0.29, 0.717) is 122 Å². The monoisotopic (exact) mass is 1660 g/mol. The van der Waals surface area contributed by atoms with Gasteiger partial charge in [0.25, 0.3) is 0 Å². The van der Waals surface area contributed by atoms with Gasteiger partial charge in [0, 0.05) is 140 Å². The summed E-state index contributed by atoms with van der Waals surface area (Å²) in [7, 11) is 0. The van der Waals surface area contributed by atoms with Crippen LogP contribution < -0.4 is 26.6 Å². The molecule has 0 aromatic rings. The van der Waals surface area contributed by atoms with Crippen molar-refractivity contribution in [1.29, 1.82) is 0 Å². The third kappa shape index (κ3) is 35.0. The van der Waals surface area contributed by atoms with Crippen LogP contribution in [-0.4, -0.2) is 322 Å². The number of Topliss-reactive ketones (excluding diaryl/α,β-unsaturated/α-hetero) is 2. The number of amides is 6. The summed E-state index contributed by atoms with van der Waals surface area (Å²) in [6, 6.07) is -1.13. The van der Waals surface area contributed by atoms with Gasteiger partial charge in [0.15, 0.2) is 30.9 Å². The number of carbonyl (C=O) groups is 8. The van der Waals surface area contributed by atoms with Crippen molar-refractivity contribution in [3.05, 3.63) is 0 Å². The van der Waals surface area contributed by atoms with Crippen molar-refractivity contribution in [2.45, 2.75) is 332 Å². The number of carbonyl (C=O) groups excluding carboxylic acids is 8. The molecule has 116 heavy (non-hydrogen) atoms. The second kappa shape index (κ2) is 55.4. The molecule has 25 atom stereocenters. The molecule has 35 heteroatoms. The molecule has 5 saturated heterocycles. The molecule has 5 heterocycles. The Bertz CT molecular complexity index is 2830. The van der Waals surface area contributed by atoms with Gasteiger partial charge in [-0.05, 0) is 129 Å². The molecule has 5 fully saturated rings. The van der Waals surface area contributed by atoms with Crippen molar-refractivity contribution in [2.24, 2.45) is 41.4 Å². The Labute approximate surface area is 683 Å². The first-order valence-corrected chi connectivity index (χ1v) is 42.7. The first kappa shape index (κ1) is 102. The SMILES string of the molecule is CC(C)OC[C@@H]1C[C@@H](C)CN1C(=O)CCCNC(=O)C(CCCCNC(=O)C(CCCCNC(=O)CCCCO[C@@H]1OC(CO)[C@H](O)[C@H](O)C1C)CC(=O)CCCCO[C@@H]1OC(CO)[C@H](O)[C@H](O)C1C)CC(=O)C(CCCCNC(=O)CCCCO[C@@H]1OC(CO)[C@H](O)[C@H](O)C1C)NC(=O)CCCCO[C@@H]1OC(CO)[C@H](O)[C@H](O)C1C. The molecule has 672 valence electrons. The molecule has 5 aliphatic rings. The van der Waals surface area contributed by atoms with Crippen molar-refractivity contribution in [2.75, 3.05) is 92.2 Å². The third-order valence-electron chi connectivity index (χ3n) is 22.8. The van der Waals surface area contributed by atoms with Crippen LogP contribution in [0, 0.1) is 41.4 Å². The van der Waals surface area contributed by atoms with E-state index in [-0.39, 0.29) is 151 Å². The van der Waals surface area contributed by atoms with Gasteiger partial charge >= 0.3 is 0 Å². The maximum absolute atomic E-state index is 14.8. The van der Waals surface area contributed by atoms with Crippen LogP contribution in [0.3, 0.4) is 0 Å². The summed E-state index contributed by atoms with van der Waals surface area (Å²) < 4.78 is 51.8. The van der Waals surface area contributed by atoms with Crippen LogP contribution in [-0.2, 0) is 81.0 Å². The van der Waals surface area contributed by atoms with E-state index in [0.717, 1.165) is 6.42 Å². The Hall–Kier alpha value is -4.68. The summed E-state index contributed by atoms with van der Waals surface area (Å²) >= 11 is 0. The lowest BCUT2D eigenvalue weighted by atomic mass is 9.90. The van der Waals surface area contributed by atoms with E-state index in [9.17, 15) is 99.6 Å². The Balaban J connectivity index is 1.21. The molecule has 0 aromatic heterocycles. The molecule has 0 saturated carbocycles. The van der Waals surface area contributed by atoms with Crippen LogP contribution in [0.1, 0.15) is 215 Å². The highest BCUT2D eigenvalue weighted by Crippen LogP contribution is 2.32. The Kier molecular flexibility index (Phi) is 48.6. The van der Waals surface area contributed by atoms with Gasteiger partial charge in [0.1, 0.15) is 54.6 Å². The summed E-state index contributed by atoms with van der Waals surface area (Å²) in [6.07, 6.45) is -9.60. The largest absolute Gasteiger partial charge is 0.394 e. The number of hydrogen-bond donors (Lipinski definition) is 17. The summed E-state index contributed by atoms with van der Waals surface area (Å²) in [6.45, 7) is 13.0. The van der Waals surface area contributed by atoms with Gasteiger partial charge < -0.3 is 135 Å². The van der Waals surface area contributed by atoms with E-state index in [1.807, 2.05) is 18.7 Å². The highest BCUT2D eigenvalue weighted by atomic mass is 16.7. The molecule has 5 aliphatic heterocycles. The van der Waals surface area contributed by atoms with Gasteiger partial charge in [-0.3, -0.25) is 38.4 Å². The Morgan fingerprint density at radius 1 is 0.405 bits per heavy atom. The fraction of sp³-hybridized carbons (Fsp3) is 0.901. The van der Waals surface area contributed by atoms with Gasteiger partial charge in [-0.2, -0.15) is 0 Å². The van der Waals surface area contributed by atoms with Gasteiger partial charge in [0.2, 0.25) is 35.4 Å². The van der Waals surface area contributed by atoms with Crippen molar-refractivity contribution in [3.8, 4) is 0 Å². The highest BCUT2D eigenvalue weighted by Gasteiger charge is 2.46. The van der Waals surface area contributed by atoms with Crippen LogP contribution in [0.2, 0.25) is 0 Å². The molecule has 35 nitrogen and oxygen atoms in total. The number of ketones is 2. The molecule has 11 unspecified atom stereocenters. The van der Waals surface area contributed by atoms with Crippen molar-refractivity contribution >= 4 is 47.0 Å². The van der Waals surface area contributed by atoms with E-state index < -0.39 is 184 Å². The number of unbranched alkanes of at least 4 members (excludes halogenated alkanes) is 7. The van der Waals surface area contributed by atoms with Crippen LogP contribution in [0.5, 0.6) is 0 Å². The van der Waals surface area contributed by atoms with E-state index in [1.54, 1.807) is 27.7 Å². The fourth-order valence-corrected chi connectivity index (χ4v) is 15.2. The van der Waals surface area contributed by atoms with E-state index >= 15 is 0 Å². The first-order chi connectivity index (χ1) is 55.4. The standard InChI is InChI=1S/C81H144N6O29/c1-48(2)112-47-56-39-49(3)42-87(56)67(97)30-22-34-85-77(107)55(41-59(93)58(86-66(96)29-14-21-38-111-81-53(7)71(101)75(105)63(46-91)116-81)26-10-17-32-83-65(95)28-13-20-37-110-80-52(6)70(100)74(104)62(45-90)115-80)24-9-16-33-84-76(106)54(40-57(92)25-11-18-35-108-78-50(4)68(98)72(102)60(43-88)113-78)23-8-15-31-82-64(94)27-12-19-36-109-79-51(5)69(99)73(103)61(44-89)114-79/h48-56,58,60-63,68-75,78-81,88-91,98-105H,8-47H2,1-7H3,(H,82,94)(H,83,95)(H,84,106)(H,85,107)(H,86,96)/t49-,50?,51?,52?,53?,54?,55?,56+,58?,60?,61?,62?,63?,68-,69-,70-,71-,72+,73+,74+,75+,78-,79-,80-,81-/m1/s1. The molecule has 0 aromatic carbocycles. The molecule has 0 spiro atoms. The van der Waals surface area contributed by atoms with Gasteiger partial charge in [-0.25, -0.2) is 0 Å². The number of nitrogens with zero attached hydrogens (tertiary/aromatic N) is 1. The summed E-state index contributed by atoms with van der Waals surface area (Å²) in [4.78, 5) is 112. The second-order valence-electron chi connectivity index (χ2n) is 32.8. The lowest BCUT2D eigenvalue weighted by molar-refractivity contribution is -0.282. The van der Waals surface area contributed by atoms with Crippen LogP contribution in [0.15, 0.2) is 0 Å². The third-order valence-corrected chi connectivity index (χ3v) is 22.8. The van der Waals surface area contributed by atoms with Crippen LogP contribution in [0.4, 0.5) is 0 Å². The quantitative estimate of drug-likeness (QED) is 0.0359. The summed E-state index contributed by atoms with van der Waals surface area (Å²) in [5.74, 6) is -6.07. The van der Waals surface area contributed by atoms with E-state index in [1.165, 1.54) is 0 Å². The lowest BCUT2D eigenvalue weighted by Gasteiger charge is -2.40. The predicted octanol–water partition coefficient (Wildman–Crippen LogP) is 0.0879. The fourth-order valence-electron chi connectivity index (χ4n) is 15.2. The van der Waals surface area contributed by atoms with Gasteiger partial charge in [-0.15, -0.1) is 0 Å². The average molecular weight is 1670 g/mol. The molecule has 0 bridgehead atoms. The molecule has 17 N–H and O–H groups in total. The molecule has 5 rings (SSSR count). The minimum Gasteiger partial charge on any atom is -0.394 e. The minimum absolute atomic E-state index is 0.0114. The zero-order valence-corrected chi connectivity index (χ0v) is 69.5. The normalized spacial score (nSPS) is 30.3. The van der Waals surface area contributed by atoms with Crippen LogP contribution in [0.25, 0.3) is 0 Å². The predicted molar refractivity (Wildman–Crippen MR) is 418 cm³/mol. The molecular formula is C81H144N6O29. The summed E-state index contributed by atoms with van der Waals surface area (Å²) in [5.41, 5.74) is 0. The van der Waals surface area contributed by atoms with Crippen molar-refractivity contribution < 1.29 is 142 Å².